The minimum Gasteiger partial charge on any atom is -0.378 e. The second-order valence-electron chi connectivity index (χ2n) is 3.22. The summed E-state index contributed by atoms with van der Waals surface area (Å²) < 4.78 is 6.32. The Labute approximate surface area is 102 Å². The van der Waals surface area contributed by atoms with Crippen LogP contribution in [0, 0.1) is 3.57 Å². The van der Waals surface area contributed by atoms with E-state index in [4.69, 9.17) is 4.74 Å². The lowest BCUT2D eigenvalue weighted by atomic mass is 10.4. The summed E-state index contributed by atoms with van der Waals surface area (Å²) in [6.45, 7) is 3.24. The van der Waals surface area contributed by atoms with Gasteiger partial charge >= 0.3 is 0 Å². The largest absolute Gasteiger partial charge is 0.378 e. The third-order valence-electron chi connectivity index (χ3n) is 2.26. The van der Waals surface area contributed by atoms with Gasteiger partial charge in [0, 0.05) is 26.3 Å². The van der Waals surface area contributed by atoms with Crippen LogP contribution in [0.5, 0.6) is 0 Å². The molecule has 0 aromatic carbocycles. The molecule has 0 amide bonds. The average Bonchev–Trinajstić information content (AvgIpc) is 2.31. The molecule has 0 aliphatic carbocycles. The molecule has 0 radical (unpaired) electrons. The number of halogens is 1. The number of hydrogen-bond donors (Lipinski definition) is 1. The second kappa shape index (κ2) is 4.93. The highest BCUT2D eigenvalue weighted by Crippen LogP contribution is 2.18. The summed E-state index contributed by atoms with van der Waals surface area (Å²) in [7, 11) is 1.87. The van der Waals surface area contributed by atoms with Gasteiger partial charge < -0.3 is 15.0 Å². The zero-order valence-electron chi connectivity index (χ0n) is 8.53. The van der Waals surface area contributed by atoms with Crippen LogP contribution in [-0.4, -0.2) is 43.3 Å². The normalized spacial score (nSPS) is 16.5. The Kier molecular flexibility index (Phi) is 3.57. The molecule has 1 aromatic rings. The molecule has 1 N–H and O–H groups in total. The smallest absolute Gasteiger partial charge is 0.227 e. The predicted molar refractivity (Wildman–Crippen MR) is 67.3 cm³/mol. The Morgan fingerprint density at radius 1 is 1.47 bits per heavy atom. The summed E-state index contributed by atoms with van der Waals surface area (Å²) in [4.78, 5) is 10.9. The summed E-state index contributed by atoms with van der Waals surface area (Å²) in [5.41, 5.74) is 0. The van der Waals surface area contributed by atoms with Crippen molar-refractivity contribution in [2.45, 2.75) is 0 Å². The summed E-state index contributed by atoms with van der Waals surface area (Å²) in [6, 6.07) is 0. The molecule has 0 saturated carbocycles. The summed E-state index contributed by atoms with van der Waals surface area (Å²) in [5, 5.41) is 3.06. The van der Waals surface area contributed by atoms with Crippen molar-refractivity contribution in [2.24, 2.45) is 0 Å². The topological polar surface area (TPSA) is 50.3 Å². The van der Waals surface area contributed by atoms with Crippen LogP contribution in [-0.2, 0) is 4.74 Å². The molecule has 5 nitrogen and oxygen atoms in total. The van der Waals surface area contributed by atoms with Gasteiger partial charge in [-0.3, -0.25) is 0 Å². The summed E-state index contributed by atoms with van der Waals surface area (Å²) in [6.07, 6.45) is 1.84. The van der Waals surface area contributed by atoms with Gasteiger partial charge in [-0.1, -0.05) is 0 Å². The van der Waals surface area contributed by atoms with E-state index < -0.39 is 0 Å². The van der Waals surface area contributed by atoms with E-state index in [1.165, 1.54) is 0 Å². The monoisotopic (exact) mass is 320 g/mol. The maximum absolute atomic E-state index is 5.29. The number of rotatable bonds is 2. The molecule has 6 heteroatoms. The Hall–Kier alpha value is -0.630. The minimum atomic E-state index is 0.754. The van der Waals surface area contributed by atoms with E-state index >= 15 is 0 Å². The summed E-state index contributed by atoms with van der Waals surface area (Å²) in [5.74, 6) is 1.66. The highest BCUT2D eigenvalue weighted by molar-refractivity contribution is 14.1. The van der Waals surface area contributed by atoms with Crippen LogP contribution in [0.2, 0.25) is 0 Å². The molecule has 2 rings (SSSR count). The van der Waals surface area contributed by atoms with Gasteiger partial charge in [0.15, 0.2) is 0 Å². The molecule has 1 aliphatic heterocycles. The lowest BCUT2D eigenvalue weighted by Crippen LogP contribution is -2.37. The van der Waals surface area contributed by atoms with Crippen molar-refractivity contribution in [1.29, 1.82) is 0 Å². The lowest BCUT2D eigenvalue weighted by molar-refractivity contribution is 0.122. The van der Waals surface area contributed by atoms with Crippen molar-refractivity contribution in [3.05, 3.63) is 9.77 Å². The lowest BCUT2D eigenvalue weighted by Gasteiger charge is -2.26. The molecule has 2 heterocycles. The van der Waals surface area contributed by atoms with E-state index in [-0.39, 0.29) is 0 Å². The van der Waals surface area contributed by atoms with Crippen molar-refractivity contribution in [3.63, 3.8) is 0 Å². The van der Waals surface area contributed by atoms with Crippen molar-refractivity contribution >= 4 is 34.4 Å². The molecular weight excluding hydrogens is 307 g/mol. The molecular formula is C9H13IN4O. The SMILES string of the molecule is CNc1nc(N2CCOCC2)ncc1I. The van der Waals surface area contributed by atoms with Gasteiger partial charge in [0.25, 0.3) is 0 Å². The van der Waals surface area contributed by atoms with Gasteiger partial charge in [-0.25, -0.2) is 4.98 Å². The Morgan fingerprint density at radius 2 is 2.20 bits per heavy atom. The van der Waals surface area contributed by atoms with Gasteiger partial charge in [-0.2, -0.15) is 4.98 Å². The molecule has 15 heavy (non-hydrogen) atoms. The van der Waals surface area contributed by atoms with Crippen molar-refractivity contribution in [1.82, 2.24) is 9.97 Å². The van der Waals surface area contributed by atoms with Crippen molar-refractivity contribution in [2.75, 3.05) is 43.6 Å². The first-order chi connectivity index (χ1) is 7.31. The number of morpholine rings is 1. The number of ether oxygens (including phenoxy) is 1. The van der Waals surface area contributed by atoms with Crippen LogP contribution < -0.4 is 10.2 Å². The van der Waals surface area contributed by atoms with E-state index in [1.54, 1.807) is 0 Å². The van der Waals surface area contributed by atoms with Gasteiger partial charge in [-0.05, 0) is 22.6 Å². The quantitative estimate of drug-likeness (QED) is 0.823. The Morgan fingerprint density at radius 3 is 2.87 bits per heavy atom. The van der Waals surface area contributed by atoms with Crippen LogP contribution in [0.3, 0.4) is 0 Å². The fourth-order valence-corrected chi connectivity index (χ4v) is 1.98. The first-order valence-corrected chi connectivity index (χ1v) is 5.92. The van der Waals surface area contributed by atoms with Crippen molar-refractivity contribution < 1.29 is 4.74 Å². The molecule has 0 unspecified atom stereocenters. The first-order valence-electron chi connectivity index (χ1n) is 4.84. The van der Waals surface area contributed by atoms with E-state index in [1.807, 2.05) is 13.2 Å². The Balaban J connectivity index is 2.20. The number of nitrogens with zero attached hydrogens (tertiary/aromatic N) is 3. The summed E-state index contributed by atoms with van der Waals surface area (Å²) >= 11 is 2.22. The van der Waals surface area contributed by atoms with Crippen LogP contribution >= 0.6 is 22.6 Å². The van der Waals surface area contributed by atoms with Crippen LogP contribution in [0.4, 0.5) is 11.8 Å². The maximum Gasteiger partial charge on any atom is 0.227 e. The van der Waals surface area contributed by atoms with E-state index in [2.05, 4.69) is 42.8 Å². The van der Waals surface area contributed by atoms with Crippen LogP contribution in [0.25, 0.3) is 0 Å². The fraction of sp³-hybridized carbons (Fsp3) is 0.556. The molecule has 1 saturated heterocycles. The van der Waals surface area contributed by atoms with Gasteiger partial charge in [0.2, 0.25) is 5.95 Å². The number of anilines is 2. The molecule has 1 aromatic heterocycles. The van der Waals surface area contributed by atoms with Gasteiger partial charge in [-0.15, -0.1) is 0 Å². The third-order valence-corrected chi connectivity index (χ3v) is 3.05. The van der Waals surface area contributed by atoms with Crippen LogP contribution in [0.15, 0.2) is 6.20 Å². The number of hydrogen-bond acceptors (Lipinski definition) is 5. The zero-order valence-corrected chi connectivity index (χ0v) is 10.7. The van der Waals surface area contributed by atoms with E-state index in [9.17, 15) is 0 Å². The predicted octanol–water partition coefficient (Wildman–Crippen LogP) is 0.959. The van der Waals surface area contributed by atoms with Gasteiger partial charge in [0.1, 0.15) is 5.82 Å². The fourth-order valence-electron chi connectivity index (χ4n) is 1.45. The second-order valence-corrected chi connectivity index (χ2v) is 4.38. The van der Waals surface area contributed by atoms with Crippen molar-refractivity contribution in [3.8, 4) is 0 Å². The van der Waals surface area contributed by atoms with E-state index in [0.29, 0.717) is 0 Å². The molecule has 82 valence electrons. The highest BCUT2D eigenvalue weighted by Gasteiger charge is 2.14. The van der Waals surface area contributed by atoms with Crippen LogP contribution in [0.1, 0.15) is 0 Å². The third kappa shape index (κ3) is 2.49. The van der Waals surface area contributed by atoms with Gasteiger partial charge in [0.05, 0.1) is 16.8 Å². The number of nitrogens with one attached hydrogen (secondary N) is 1. The highest BCUT2D eigenvalue weighted by atomic mass is 127. The average molecular weight is 320 g/mol. The molecule has 1 aliphatic rings. The number of aromatic nitrogens is 2. The molecule has 0 atom stereocenters. The van der Waals surface area contributed by atoms with E-state index in [0.717, 1.165) is 41.6 Å². The Bertz CT molecular complexity index is 341. The molecule has 1 fully saturated rings. The maximum atomic E-state index is 5.29. The zero-order chi connectivity index (χ0) is 10.7. The minimum absolute atomic E-state index is 0.754. The first kappa shape index (κ1) is 10.9. The molecule has 0 spiro atoms. The standard InChI is InChI=1S/C9H13IN4O/c1-11-8-7(10)6-12-9(13-8)14-2-4-15-5-3-14/h6H,2-5H2,1H3,(H,11,12,13). The molecule has 0 bridgehead atoms.